The van der Waals surface area contributed by atoms with E-state index in [0.717, 1.165) is 35.6 Å². The van der Waals surface area contributed by atoms with Crippen LogP contribution in [-0.2, 0) is 12.8 Å². The SMILES string of the molecule is c1ccc(-c2nnc3c(n2)CCCC3)cc1. The Morgan fingerprint density at radius 2 is 1.56 bits per heavy atom. The molecule has 80 valence electrons. The van der Waals surface area contributed by atoms with Gasteiger partial charge in [-0.05, 0) is 25.7 Å². The van der Waals surface area contributed by atoms with Crippen molar-refractivity contribution in [2.75, 3.05) is 0 Å². The largest absolute Gasteiger partial charge is 0.230 e. The van der Waals surface area contributed by atoms with Gasteiger partial charge in [0.25, 0.3) is 0 Å². The first-order valence-electron chi connectivity index (χ1n) is 5.71. The highest BCUT2D eigenvalue weighted by Gasteiger charge is 2.13. The van der Waals surface area contributed by atoms with Crippen molar-refractivity contribution in [2.24, 2.45) is 0 Å². The normalized spacial score (nSPS) is 14.5. The zero-order chi connectivity index (χ0) is 10.8. The van der Waals surface area contributed by atoms with Gasteiger partial charge in [-0.15, -0.1) is 5.10 Å². The van der Waals surface area contributed by atoms with Crippen LogP contribution in [0.4, 0.5) is 0 Å². The van der Waals surface area contributed by atoms with Gasteiger partial charge in [-0.3, -0.25) is 0 Å². The van der Waals surface area contributed by atoms with Gasteiger partial charge in [0.2, 0.25) is 0 Å². The van der Waals surface area contributed by atoms with Gasteiger partial charge in [0.15, 0.2) is 5.82 Å². The van der Waals surface area contributed by atoms with Crippen molar-refractivity contribution >= 4 is 0 Å². The molecule has 1 heterocycles. The van der Waals surface area contributed by atoms with E-state index in [9.17, 15) is 0 Å². The average Bonchev–Trinajstić information content (AvgIpc) is 2.39. The summed E-state index contributed by atoms with van der Waals surface area (Å²) < 4.78 is 0. The van der Waals surface area contributed by atoms with Crippen LogP contribution in [0.5, 0.6) is 0 Å². The molecule has 2 aromatic rings. The molecule has 3 rings (SSSR count). The van der Waals surface area contributed by atoms with Crippen molar-refractivity contribution in [1.82, 2.24) is 15.2 Å². The molecule has 0 fully saturated rings. The Balaban J connectivity index is 2.03. The molecule has 0 saturated heterocycles. The maximum atomic E-state index is 4.61. The van der Waals surface area contributed by atoms with Crippen LogP contribution < -0.4 is 0 Å². The van der Waals surface area contributed by atoms with Crippen LogP contribution in [-0.4, -0.2) is 15.2 Å². The van der Waals surface area contributed by atoms with E-state index in [1.54, 1.807) is 0 Å². The van der Waals surface area contributed by atoms with Crippen LogP contribution in [0.2, 0.25) is 0 Å². The first-order valence-corrected chi connectivity index (χ1v) is 5.71. The molecule has 16 heavy (non-hydrogen) atoms. The Hall–Kier alpha value is -1.77. The first kappa shape index (κ1) is 9.46. The van der Waals surface area contributed by atoms with Crippen molar-refractivity contribution in [3.8, 4) is 11.4 Å². The topological polar surface area (TPSA) is 38.7 Å². The number of hydrogen-bond donors (Lipinski definition) is 0. The summed E-state index contributed by atoms with van der Waals surface area (Å²) in [6.07, 6.45) is 4.52. The smallest absolute Gasteiger partial charge is 0.182 e. The Bertz CT molecular complexity index is 494. The van der Waals surface area contributed by atoms with Crippen molar-refractivity contribution in [1.29, 1.82) is 0 Å². The molecule has 0 saturated carbocycles. The van der Waals surface area contributed by atoms with Crippen molar-refractivity contribution in [2.45, 2.75) is 25.7 Å². The van der Waals surface area contributed by atoms with Crippen LogP contribution in [0.3, 0.4) is 0 Å². The second-order valence-electron chi connectivity index (χ2n) is 4.10. The molecule has 3 nitrogen and oxygen atoms in total. The molecular formula is C13H13N3. The summed E-state index contributed by atoms with van der Waals surface area (Å²) in [6, 6.07) is 10.0. The lowest BCUT2D eigenvalue weighted by Crippen LogP contribution is -2.10. The molecule has 1 aliphatic carbocycles. The number of hydrogen-bond acceptors (Lipinski definition) is 3. The van der Waals surface area contributed by atoms with E-state index < -0.39 is 0 Å². The lowest BCUT2D eigenvalue weighted by Gasteiger charge is -2.13. The van der Waals surface area contributed by atoms with Crippen molar-refractivity contribution < 1.29 is 0 Å². The maximum Gasteiger partial charge on any atom is 0.182 e. The fourth-order valence-electron chi connectivity index (χ4n) is 2.07. The predicted molar refractivity (Wildman–Crippen MR) is 61.9 cm³/mol. The van der Waals surface area contributed by atoms with E-state index >= 15 is 0 Å². The quantitative estimate of drug-likeness (QED) is 0.727. The summed E-state index contributed by atoms with van der Waals surface area (Å²) in [5, 5.41) is 8.48. The third kappa shape index (κ3) is 1.69. The highest BCUT2D eigenvalue weighted by atomic mass is 15.2. The maximum absolute atomic E-state index is 4.61. The Morgan fingerprint density at radius 3 is 2.38 bits per heavy atom. The standard InChI is InChI=1S/C13H13N3/c1-2-6-10(7-3-1)13-14-11-8-4-5-9-12(11)15-16-13/h1-3,6-7H,4-5,8-9H2. The van der Waals surface area contributed by atoms with Crippen LogP contribution in [0, 0.1) is 0 Å². The van der Waals surface area contributed by atoms with Gasteiger partial charge in [-0.25, -0.2) is 4.98 Å². The monoisotopic (exact) mass is 211 g/mol. The van der Waals surface area contributed by atoms with Gasteiger partial charge in [0, 0.05) is 5.56 Å². The van der Waals surface area contributed by atoms with E-state index in [-0.39, 0.29) is 0 Å². The van der Waals surface area contributed by atoms with Crippen molar-refractivity contribution in [3.63, 3.8) is 0 Å². The van der Waals surface area contributed by atoms with E-state index in [1.807, 2.05) is 30.3 Å². The number of nitrogens with zero attached hydrogens (tertiary/aromatic N) is 3. The fraction of sp³-hybridized carbons (Fsp3) is 0.308. The molecule has 1 aromatic carbocycles. The molecule has 0 amide bonds. The van der Waals surface area contributed by atoms with E-state index in [0.29, 0.717) is 0 Å². The van der Waals surface area contributed by atoms with Crippen LogP contribution in [0.25, 0.3) is 11.4 Å². The molecule has 0 radical (unpaired) electrons. The summed E-state index contributed by atoms with van der Waals surface area (Å²) in [6.45, 7) is 0. The Labute approximate surface area is 94.6 Å². The fourth-order valence-corrected chi connectivity index (χ4v) is 2.07. The summed E-state index contributed by atoms with van der Waals surface area (Å²) in [5.74, 6) is 0.751. The second kappa shape index (κ2) is 4.00. The zero-order valence-corrected chi connectivity index (χ0v) is 9.06. The third-order valence-electron chi connectivity index (χ3n) is 2.95. The lowest BCUT2D eigenvalue weighted by atomic mass is 10.0. The molecule has 0 N–H and O–H groups in total. The molecule has 0 spiro atoms. The summed E-state index contributed by atoms with van der Waals surface area (Å²) in [4.78, 5) is 4.61. The van der Waals surface area contributed by atoms with Crippen molar-refractivity contribution in [3.05, 3.63) is 41.7 Å². The predicted octanol–water partition coefficient (Wildman–Crippen LogP) is 2.42. The minimum Gasteiger partial charge on any atom is -0.230 e. The summed E-state index contributed by atoms with van der Waals surface area (Å²) in [7, 11) is 0. The molecule has 1 aliphatic rings. The van der Waals surface area contributed by atoms with Gasteiger partial charge in [0.05, 0.1) is 11.4 Å². The minimum atomic E-state index is 0.751. The van der Waals surface area contributed by atoms with Gasteiger partial charge < -0.3 is 0 Å². The van der Waals surface area contributed by atoms with Crippen LogP contribution in [0.15, 0.2) is 30.3 Å². The molecule has 0 bridgehead atoms. The van der Waals surface area contributed by atoms with Gasteiger partial charge in [0.1, 0.15) is 0 Å². The first-order chi connectivity index (χ1) is 7.93. The zero-order valence-electron chi connectivity index (χ0n) is 9.06. The second-order valence-corrected chi connectivity index (χ2v) is 4.10. The molecule has 1 aromatic heterocycles. The molecular weight excluding hydrogens is 198 g/mol. The molecule has 0 atom stereocenters. The highest BCUT2D eigenvalue weighted by Crippen LogP contribution is 2.20. The Kier molecular flexibility index (Phi) is 2.37. The average molecular weight is 211 g/mol. The highest BCUT2D eigenvalue weighted by molar-refractivity contribution is 5.54. The van der Waals surface area contributed by atoms with E-state index in [4.69, 9.17) is 0 Å². The van der Waals surface area contributed by atoms with E-state index in [2.05, 4.69) is 15.2 Å². The lowest BCUT2D eigenvalue weighted by molar-refractivity contribution is 0.634. The van der Waals surface area contributed by atoms with Gasteiger partial charge in [-0.1, -0.05) is 30.3 Å². The van der Waals surface area contributed by atoms with E-state index in [1.165, 1.54) is 12.8 Å². The van der Waals surface area contributed by atoms with Crippen LogP contribution >= 0.6 is 0 Å². The number of fused-ring (bicyclic) bond motifs is 1. The number of rotatable bonds is 1. The number of benzene rings is 1. The van der Waals surface area contributed by atoms with Gasteiger partial charge >= 0.3 is 0 Å². The van der Waals surface area contributed by atoms with Gasteiger partial charge in [-0.2, -0.15) is 5.10 Å². The number of aromatic nitrogens is 3. The van der Waals surface area contributed by atoms with Crippen LogP contribution in [0.1, 0.15) is 24.2 Å². The minimum absolute atomic E-state index is 0.751. The summed E-state index contributed by atoms with van der Waals surface area (Å²) in [5.41, 5.74) is 3.27. The molecule has 3 heteroatoms. The number of aryl methyl sites for hydroxylation is 2. The Morgan fingerprint density at radius 1 is 0.812 bits per heavy atom. The summed E-state index contributed by atoms with van der Waals surface area (Å²) >= 11 is 0. The molecule has 0 unspecified atom stereocenters. The molecule has 0 aliphatic heterocycles. The third-order valence-corrected chi connectivity index (χ3v) is 2.95.